The monoisotopic (exact) mass is 230 g/mol. The quantitative estimate of drug-likeness (QED) is 0.878. The topological polar surface area (TPSA) is 52.0 Å². The Morgan fingerprint density at radius 2 is 2.00 bits per heavy atom. The molecule has 0 saturated heterocycles. The molecule has 1 unspecified atom stereocenters. The molecule has 0 aliphatic rings. The predicted octanol–water partition coefficient (Wildman–Crippen LogP) is 2.64. The standard InChI is InChI=1S/C14H18N2O/c1-10-3-5-12(6-4-10)7-14-16-9-13(17-14)11(2)8-15/h3-6,9,11H,7-8,15H2,1-2H3. The van der Waals surface area contributed by atoms with E-state index in [4.69, 9.17) is 10.2 Å². The molecule has 3 heteroatoms. The van der Waals surface area contributed by atoms with Gasteiger partial charge in [0.05, 0.1) is 6.20 Å². The van der Waals surface area contributed by atoms with E-state index in [1.165, 1.54) is 11.1 Å². The van der Waals surface area contributed by atoms with Gasteiger partial charge in [0, 0.05) is 18.9 Å². The number of oxazole rings is 1. The lowest BCUT2D eigenvalue weighted by molar-refractivity contribution is 0.440. The maximum atomic E-state index is 5.68. The Morgan fingerprint density at radius 3 is 2.65 bits per heavy atom. The molecule has 1 aromatic heterocycles. The Hall–Kier alpha value is -1.61. The lowest BCUT2D eigenvalue weighted by atomic mass is 10.1. The van der Waals surface area contributed by atoms with Crippen molar-refractivity contribution >= 4 is 0 Å². The van der Waals surface area contributed by atoms with Crippen LogP contribution >= 0.6 is 0 Å². The molecule has 0 aliphatic carbocycles. The van der Waals surface area contributed by atoms with E-state index >= 15 is 0 Å². The van der Waals surface area contributed by atoms with Gasteiger partial charge in [-0.2, -0.15) is 0 Å². The van der Waals surface area contributed by atoms with Crippen LogP contribution in [0.25, 0.3) is 0 Å². The number of rotatable bonds is 4. The minimum atomic E-state index is 0.231. The van der Waals surface area contributed by atoms with Gasteiger partial charge in [0.1, 0.15) is 5.76 Å². The minimum absolute atomic E-state index is 0.231. The summed E-state index contributed by atoms with van der Waals surface area (Å²) in [4.78, 5) is 4.28. The lowest BCUT2D eigenvalue weighted by Crippen LogP contribution is -2.07. The van der Waals surface area contributed by atoms with Crippen LogP contribution in [0.15, 0.2) is 34.9 Å². The molecule has 1 heterocycles. The van der Waals surface area contributed by atoms with Crippen molar-refractivity contribution in [2.75, 3.05) is 6.54 Å². The third kappa shape index (κ3) is 2.94. The van der Waals surface area contributed by atoms with Crippen LogP contribution in [0, 0.1) is 6.92 Å². The van der Waals surface area contributed by atoms with Gasteiger partial charge in [-0.1, -0.05) is 36.8 Å². The van der Waals surface area contributed by atoms with Gasteiger partial charge in [0.15, 0.2) is 5.89 Å². The molecular weight excluding hydrogens is 212 g/mol. The fraction of sp³-hybridized carbons (Fsp3) is 0.357. The fourth-order valence-electron chi connectivity index (χ4n) is 1.63. The smallest absolute Gasteiger partial charge is 0.198 e. The molecule has 0 spiro atoms. The molecule has 0 radical (unpaired) electrons. The Morgan fingerprint density at radius 1 is 1.29 bits per heavy atom. The zero-order valence-electron chi connectivity index (χ0n) is 10.3. The number of aromatic nitrogens is 1. The van der Waals surface area contributed by atoms with Crippen molar-refractivity contribution < 1.29 is 4.42 Å². The third-order valence-corrected chi connectivity index (χ3v) is 2.89. The summed E-state index contributed by atoms with van der Waals surface area (Å²) >= 11 is 0. The summed E-state index contributed by atoms with van der Waals surface area (Å²) in [6.07, 6.45) is 2.51. The van der Waals surface area contributed by atoms with Crippen molar-refractivity contribution in [2.45, 2.75) is 26.2 Å². The maximum absolute atomic E-state index is 5.68. The second kappa shape index (κ2) is 5.15. The molecule has 2 N–H and O–H groups in total. The van der Waals surface area contributed by atoms with Crippen LogP contribution in [0.4, 0.5) is 0 Å². The van der Waals surface area contributed by atoms with Crippen molar-refractivity contribution in [3.05, 3.63) is 53.2 Å². The molecule has 0 bridgehead atoms. The van der Waals surface area contributed by atoms with Gasteiger partial charge in [-0.05, 0) is 12.5 Å². The first-order chi connectivity index (χ1) is 8.19. The van der Waals surface area contributed by atoms with Crippen LogP contribution < -0.4 is 5.73 Å². The first kappa shape index (κ1) is 11.9. The van der Waals surface area contributed by atoms with Crippen LogP contribution in [-0.2, 0) is 6.42 Å². The minimum Gasteiger partial charge on any atom is -0.445 e. The van der Waals surface area contributed by atoms with E-state index in [-0.39, 0.29) is 5.92 Å². The molecule has 0 saturated carbocycles. The van der Waals surface area contributed by atoms with E-state index in [0.29, 0.717) is 6.54 Å². The van der Waals surface area contributed by atoms with E-state index in [0.717, 1.165) is 18.1 Å². The average Bonchev–Trinajstić information content (AvgIpc) is 2.80. The lowest BCUT2D eigenvalue weighted by Gasteiger charge is -2.02. The molecule has 1 atom stereocenters. The summed E-state index contributed by atoms with van der Waals surface area (Å²) in [5.41, 5.74) is 8.07. The Labute approximate surface area is 102 Å². The molecule has 0 fully saturated rings. The molecule has 2 rings (SSSR count). The van der Waals surface area contributed by atoms with Gasteiger partial charge in [0.2, 0.25) is 0 Å². The molecule has 0 amide bonds. The number of nitrogens with two attached hydrogens (primary N) is 1. The number of hydrogen-bond donors (Lipinski definition) is 1. The van der Waals surface area contributed by atoms with Crippen molar-refractivity contribution in [1.29, 1.82) is 0 Å². The highest BCUT2D eigenvalue weighted by Crippen LogP contribution is 2.17. The maximum Gasteiger partial charge on any atom is 0.198 e. The number of aryl methyl sites for hydroxylation is 1. The zero-order chi connectivity index (χ0) is 12.3. The van der Waals surface area contributed by atoms with Crippen molar-refractivity contribution in [3.8, 4) is 0 Å². The molecule has 1 aromatic carbocycles. The highest BCUT2D eigenvalue weighted by atomic mass is 16.4. The number of benzene rings is 1. The molecule has 2 aromatic rings. The van der Waals surface area contributed by atoms with E-state index in [1.54, 1.807) is 6.20 Å². The molecule has 0 aliphatic heterocycles. The number of nitrogens with zero attached hydrogens (tertiary/aromatic N) is 1. The van der Waals surface area contributed by atoms with E-state index in [1.807, 2.05) is 6.92 Å². The second-order valence-electron chi connectivity index (χ2n) is 4.46. The predicted molar refractivity (Wildman–Crippen MR) is 68.0 cm³/mol. The summed E-state index contributed by atoms with van der Waals surface area (Å²) < 4.78 is 5.68. The van der Waals surface area contributed by atoms with Crippen LogP contribution in [0.2, 0.25) is 0 Å². The van der Waals surface area contributed by atoms with Gasteiger partial charge in [-0.15, -0.1) is 0 Å². The van der Waals surface area contributed by atoms with E-state index in [2.05, 4.69) is 36.2 Å². The van der Waals surface area contributed by atoms with Crippen molar-refractivity contribution in [2.24, 2.45) is 5.73 Å². The first-order valence-electron chi connectivity index (χ1n) is 5.89. The largest absolute Gasteiger partial charge is 0.445 e. The Balaban J connectivity index is 2.08. The summed E-state index contributed by atoms with van der Waals surface area (Å²) in [7, 11) is 0. The van der Waals surface area contributed by atoms with Crippen LogP contribution in [0.5, 0.6) is 0 Å². The van der Waals surface area contributed by atoms with Crippen LogP contribution in [-0.4, -0.2) is 11.5 Å². The summed E-state index contributed by atoms with van der Waals surface area (Å²) in [6.45, 7) is 4.70. The van der Waals surface area contributed by atoms with Gasteiger partial charge >= 0.3 is 0 Å². The normalized spacial score (nSPS) is 12.6. The fourth-order valence-corrected chi connectivity index (χ4v) is 1.63. The molecule has 17 heavy (non-hydrogen) atoms. The van der Waals surface area contributed by atoms with Crippen molar-refractivity contribution in [3.63, 3.8) is 0 Å². The molecule has 3 nitrogen and oxygen atoms in total. The third-order valence-electron chi connectivity index (χ3n) is 2.89. The zero-order valence-corrected chi connectivity index (χ0v) is 10.3. The highest BCUT2D eigenvalue weighted by molar-refractivity contribution is 5.23. The average molecular weight is 230 g/mol. The summed E-state index contributed by atoms with van der Waals surface area (Å²) in [6, 6.07) is 8.40. The van der Waals surface area contributed by atoms with Gasteiger partial charge in [0.25, 0.3) is 0 Å². The second-order valence-corrected chi connectivity index (χ2v) is 4.46. The highest BCUT2D eigenvalue weighted by Gasteiger charge is 2.10. The number of hydrogen-bond acceptors (Lipinski definition) is 3. The Bertz CT molecular complexity index is 473. The Kier molecular flexibility index (Phi) is 3.59. The van der Waals surface area contributed by atoms with Crippen LogP contribution in [0.3, 0.4) is 0 Å². The summed E-state index contributed by atoms with van der Waals surface area (Å²) in [5.74, 6) is 1.85. The van der Waals surface area contributed by atoms with Crippen molar-refractivity contribution in [1.82, 2.24) is 4.98 Å². The molecule has 90 valence electrons. The van der Waals surface area contributed by atoms with Gasteiger partial charge in [-0.3, -0.25) is 0 Å². The van der Waals surface area contributed by atoms with E-state index < -0.39 is 0 Å². The van der Waals surface area contributed by atoms with E-state index in [9.17, 15) is 0 Å². The molecular formula is C14H18N2O. The van der Waals surface area contributed by atoms with Gasteiger partial charge in [-0.25, -0.2) is 4.98 Å². The SMILES string of the molecule is Cc1ccc(Cc2ncc(C(C)CN)o2)cc1. The van der Waals surface area contributed by atoms with Crippen LogP contribution in [0.1, 0.15) is 35.6 Å². The summed E-state index contributed by atoms with van der Waals surface area (Å²) in [5, 5.41) is 0. The first-order valence-corrected chi connectivity index (χ1v) is 5.89. The van der Waals surface area contributed by atoms with Gasteiger partial charge < -0.3 is 10.2 Å².